The minimum atomic E-state index is -3.94. The molecular formula is C26H32FNO4S. The molecule has 33 heavy (non-hydrogen) atoms. The van der Waals surface area contributed by atoms with Crippen LogP contribution in [0.3, 0.4) is 0 Å². The lowest BCUT2D eigenvalue weighted by atomic mass is 9.77. The molecule has 0 radical (unpaired) electrons. The van der Waals surface area contributed by atoms with Crippen LogP contribution in [0.2, 0.25) is 0 Å². The summed E-state index contributed by atoms with van der Waals surface area (Å²) in [6.07, 6.45) is 2.91. The van der Waals surface area contributed by atoms with E-state index in [1.807, 2.05) is 20.8 Å². The van der Waals surface area contributed by atoms with Gasteiger partial charge in [0.05, 0.1) is 9.79 Å². The highest BCUT2D eigenvalue weighted by Gasteiger charge is 2.30. The smallest absolute Gasteiger partial charge is 0.206 e. The highest BCUT2D eigenvalue weighted by Crippen LogP contribution is 2.38. The second kappa shape index (κ2) is 9.77. The molecule has 1 aliphatic rings. The van der Waals surface area contributed by atoms with Crippen LogP contribution < -0.4 is 5.32 Å². The van der Waals surface area contributed by atoms with Crippen molar-refractivity contribution in [2.24, 2.45) is 5.41 Å². The summed E-state index contributed by atoms with van der Waals surface area (Å²) in [4.78, 5) is 12.0. The van der Waals surface area contributed by atoms with Crippen LogP contribution in [0.1, 0.15) is 58.9 Å². The van der Waals surface area contributed by atoms with Gasteiger partial charge in [-0.15, -0.1) is 0 Å². The fraction of sp³-hybridized carbons (Fsp3) is 0.423. The van der Waals surface area contributed by atoms with E-state index >= 15 is 0 Å². The van der Waals surface area contributed by atoms with Gasteiger partial charge in [-0.3, -0.25) is 4.79 Å². The molecule has 1 aliphatic heterocycles. The Labute approximate surface area is 195 Å². The summed E-state index contributed by atoms with van der Waals surface area (Å²) in [5, 5.41) is 14.1. The summed E-state index contributed by atoms with van der Waals surface area (Å²) in [5.41, 5.74) is 2.02. The minimum absolute atomic E-state index is 0.00493. The largest absolute Gasteiger partial charge is 0.507 e. The van der Waals surface area contributed by atoms with E-state index in [-0.39, 0.29) is 32.8 Å². The number of rotatable bonds is 8. The van der Waals surface area contributed by atoms with Gasteiger partial charge in [0.25, 0.3) is 0 Å². The first-order valence-electron chi connectivity index (χ1n) is 11.3. The van der Waals surface area contributed by atoms with Gasteiger partial charge in [-0.2, -0.15) is 0 Å². The number of Topliss-reactive ketones (excluding diaryl/α,β-unsaturated/α-hetero) is 1. The maximum absolute atomic E-state index is 13.6. The number of halogens is 1. The molecule has 0 saturated carbocycles. The van der Waals surface area contributed by atoms with E-state index < -0.39 is 15.7 Å². The van der Waals surface area contributed by atoms with Crippen LogP contribution in [0.25, 0.3) is 5.57 Å². The maximum Gasteiger partial charge on any atom is 0.206 e. The van der Waals surface area contributed by atoms with Crippen LogP contribution in [-0.2, 0) is 14.6 Å². The van der Waals surface area contributed by atoms with Crippen molar-refractivity contribution < 1.29 is 22.7 Å². The number of ketones is 1. The zero-order valence-electron chi connectivity index (χ0n) is 19.6. The highest BCUT2D eigenvalue weighted by molar-refractivity contribution is 7.91. The summed E-state index contributed by atoms with van der Waals surface area (Å²) < 4.78 is 39.8. The van der Waals surface area contributed by atoms with Gasteiger partial charge in [-0.05, 0) is 88.0 Å². The van der Waals surface area contributed by atoms with E-state index in [1.165, 1.54) is 36.4 Å². The van der Waals surface area contributed by atoms with E-state index in [0.29, 0.717) is 18.5 Å². The molecule has 0 aromatic heterocycles. The van der Waals surface area contributed by atoms with E-state index in [4.69, 9.17) is 0 Å². The maximum atomic E-state index is 13.6. The first-order chi connectivity index (χ1) is 15.5. The number of sulfone groups is 1. The van der Waals surface area contributed by atoms with Crippen LogP contribution in [0.15, 0.2) is 57.8 Å². The topological polar surface area (TPSA) is 83.5 Å². The average Bonchev–Trinajstić information content (AvgIpc) is 2.78. The predicted octanol–water partition coefficient (Wildman–Crippen LogP) is 5.29. The lowest BCUT2D eigenvalue weighted by molar-refractivity contribution is -0.126. The Balaban J connectivity index is 1.96. The molecule has 0 spiro atoms. The zero-order valence-corrected chi connectivity index (χ0v) is 20.4. The molecule has 0 aliphatic carbocycles. The van der Waals surface area contributed by atoms with E-state index in [0.717, 1.165) is 36.5 Å². The van der Waals surface area contributed by atoms with Crippen LogP contribution >= 0.6 is 0 Å². The molecule has 2 atom stereocenters. The summed E-state index contributed by atoms with van der Waals surface area (Å²) in [5.74, 6) is -0.444. The van der Waals surface area contributed by atoms with Crippen LogP contribution in [0.4, 0.5) is 4.39 Å². The first kappa shape index (κ1) is 25.1. The third-order valence-electron chi connectivity index (χ3n) is 7.09. The Morgan fingerprint density at radius 3 is 2.55 bits per heavy atom. The fourth-order valence-electron chi connectivity index (χ4n) is 4.36. The molecule has 3 rings (SSSR count). The molecule has 2 aromatic carbocycles. The van der Waals surface area contributed by atoms with Crippen molar-refractivity contribution in [3.05, 3.63) is 59.4 Å². The van der Waals surface area contributed by atoms with Crippen molar-refractivity contribution in [3.8, 4) is 5.75 Å². The number of carbonyl (C=O) groups is 1. The number of aromatic hydroxyl groups is 1. The first-order valence-corrected chi connectivity index (χ1v) is 12.8. The number of phenolic OH excluding ortho intramolecular Hbond substituents is 1. The third kappa shape index (κ3) is 5.20. The van der Waals surface area contributed by atoms with Crippen molar-refractivity contribution in [3.63, 3.8) is 0 Å². The van der Waals surface area contributed by atoms with Gasteiger partial charge in [0.2, 0.25) is 9.84 Å². The normalized spacial score (nSPS) is 18.8. The molecule has 0 amide bonds. The molecule has 0 bridgehead atoms. The highest BCUT2D eigenvalue weighted by atomic mass is 32.2. The zero-order chi connectivity index (χ0) is 24.4. The molecule has 0 fully saturated rings. The lowest BCUT2D eigenvalue weighted by Crippen LogP contribution is -2.37. The SMILES string of the molecule is CCC(C)(CCC1NCCC(c2cc(S(=O)(=O)c3cccc(F)c3)ccc2O)=C1C)C(C)=O. The molecule has 1 heterocycles. The number of phenols is 1. The fourth-order valence-corrected chi connectivity index (χ4v) is 5.67. The third-order valence-corrected chi connectivity index (χ3v) is 8.84. The molecule has 7 heteroatoms. The number of carbonyl (C=O) groups excluding carboxylic acids is 1. The minimum Gasteiger partial charge on any atom is -0.507 e. The van der Waals surface area contributed by atoms with Crippen LogP contribution in [0.5, 0.6) is 5.75 Å². The van der Waals surface area contributed by atoms with Crippen molar-refractivity contribution >= 4 is 21.2 Å². The quantitative estimate of drug-likeness (QED) is 0.545. The monoisotopic (exact) mass is 473 g/mol. The van der Waals surface area contributed by atoms with Gasteiger partial charge in [-0.1, -0.05) is 25.5 Å². The molecule has 0 saturated heterocycles. The second-order valence-electron chi connectivity index (χ2n) is 9.07. The molecule has 178 valence electrons. The number of benzene rings is 2. The molecule has 2 N–H and O–H groups in total. The standard InChI is InChI=1S/C26H32FNO4S/c1-5-26(4,18(3)29)13-11-24-17(2)22(12-14-28-24)23-16-21(9-10-25(23)30)33(31,32)20-8-6-7-19(27)15-20/h6-10,15-16,24,28,30H,5,11-14H2,1-4H3. The molecule has 2 aromatic rings. The molecule has 5 nitrogen and oxygen atoms in total. The van der Waals surface area contributed by atoms with E-state index in [2.05, 4.69) is 5.32 Å². The van der Waals surface area contributed by atoms with Crippen molar-refractivity contribution in [2.75, 3.05) is 6.54 Å². The van der Waals surface area contributed by atoms with Gasteiger partial charge in [0.1, 0.15) is 17.3 Å². The Morgan fingerprint density at radius 1 is 1.21 bits per heavy atom. The Kier molecular flexibility index (Phi) is 7.44. The van der Waals surface area contributed by atoms with Crippen LogP contribution in [0, 0.1) is 11.2 Å². The number of hydrogen-bond donors (Lipinski definition) is 2. The molecule has 2 unspecified atom stereocenters. The van der Waals surface area contributed by atoms with E-state index in [9.17, 15) is 22.7 Å². The van der Waals surface area contributed by atoms with Crippen LogP contribution in [-0.4, -0.2) is 31.9 Å². The lowest BCUT2D eigenvalue weighted by Gasteiger charge is -2.32. The summed E-state index contributed by atoms with van der Waals surface area (Å²) in [6.45, 7) is 8.31. The van der Waals surface area contributed by atoms with E-state index in [1.54, 1.807) is 6.92 Å². The van der Waals surface area contributed by atoms with Crippen molar-refractivity contribution in [2.45, 2.75) is 69.2 Å². The van der Waals surface area contributed by atoms with Crippen molar-refractivity contribution in [1.29, 1.82) is 0 Å². The van der Waals surface area contributed by atoms with Gasteiger partial charge in [-0.25, -0.2) is 12.8 Å². The van der Waals surface area contributed by atoms with Gasteiger partial charge in [0.15, 0.2) is 0 Å². The summed E-state index contributed by atoms with van der Waals surface area (Å²) in [7, 11) is -3.94. The Morgan fingerprint density at radius 2 is 1.91 bits per heavy atom. The summed E-state index contributed by atoms with van der Waals surface area (Å²) >= 11 is 0. The Hall–Kier alpha value is -2.51. The number of nitrogens with one attached hydrogen (secondary N) is 1. The summed E-state index contributed by atoms with van der Waals surface area (Å²) in [6, 6.07) is 9.13. The van der Waals surface area contributed by atoms with Crippen molar-refractivity contribution in [1.82, 2.24) is 5.32 Å². The van der Waals surface area contributed by atoms with Gasteiger partial charge < -0.3 is 10.4 Å². The van der Waals surface area contributed by atoms with Gasteiger partial charge in [0, 0.05) is 17.0 Å². The molecular weight excluding hydrogens is 441 g/mol. The Bertz CT molecular complexity index is 1190. The predicted molar refractivity (Wildman–Crippen MR) is 127 cm³/mol. The number of hydrogen-bond acceptors (Lipinski definition) is 5. The van der Waals surface area contributed by atoms with Gasteiger partial charge >= 0.3 is 0 Å². The second-order valence-corrected chi connectivity index (χ2v) is 11.0. The average molecular weight is 474 g/mol.